The van der Waals surface area contributed by atoms with Crippen LogP contribution >= 0.6 is 0 Å². The Hall–Kier alpha value is -2.41. The van der Waals surface area contributed by atoms with Crippen molar-refractivity contribution in [1.82, 2.24) is 15.5 Å². The lowest BCUT2D eigenvalue weighted by Gasteiger charge is -2.24. The van der Waals surface area contributed by atoms with Gasteiger partial charge in [0, 0.05) is 51.4 Å². The maximum atomic E-state index is 13.1. The largest absolute Gasteiger partial charge is 0.497 e. The van der Waals surface area contributed by atoms with E-state index in [2.05, 4.69) is 59.0 Å². The van der Waals surface area contributed by atoms with Gasteiger partial charge in [0.25, 0.3) is 0 Å². The molecule has 2 heterocycles. The molecule has 0 bridgehead atoms. The van der Waals surface area contributed by atoms with Crippen molar-refractivity contribution in [2.75, 3.05) is 47.0 Å². The second-order valence-corrected chi connectivity index (χ2v) is 9.34. The van der Waals surface area contributed by atoms with Crippen LogP contribution in [0.15, 0.2) is 48.5 Å². The number of benzene rings is 2. The average molecular weight is 452 g/mol. The minimum absolute atomic E-state index is 0.0235. The molecule has 0 aromatic heterocycles. The first-order chi connectivity index (χ1) is 16.1. The van der Waals surface area contributed by atoms with Gasteiger partial charge in [0.2, 0.25) is 5.91 Å². The zero-order valence-corrected chi connectivity index (χ0v) is 19.9. The van der Waals surface area contributed by atoms with Gasteiger partial charge in [-0.05, 0) is 55.1 Å². The number of rotatable bonds is 9. The Balaban J connectivity index is 1.32. The van der Waals surface area contributed by atoms with Crippen molar-refractivity contribution >= 4 is 5.91 Å². The van der Waals surface area contributed by atoms with Gasteiger partial charge in [-0.3, -0.25) is 4.79 Å². The third-order valence-electron chi connectivity index (χ3n) is 6.91. The van der Waals surface area contributed by atoms with Crippen LogP contribution in [0.2, 0.25) is 0 Å². The highest BCUT2D eigenvalue weighted by Gasteiger charge is 2.36. The summed E-state index contributed by atoms with van der Waals surface area (Å²) in [5.74, 6) is 1.21. The number of carbonyl (C=O) groups excluding carboxylic acids is 1. The van der Waals surface area contributed by atoms with Crippen molar-refractivity contribution in [2.24, 2.45) is 5.92 Å². The second kappa shape index (κ2) is 11.6. The lowest BCUT2D eigenvalue weighted by molar-refractivity contribution is -0.124. The number of hydrogen-bond donors (Lipinski definition) is 2. The summed E-state index contributed by atoms with van der Waals surface area (Å²) in [6.07, 6.45) is 2.97. The van der Waals surface area contributed by atoms with Crippen LogP contribution < -0.4 is 15.4 Å². The first-order valence-electron chi connectivity index (χ1n) is 12.1. The lowest BCUT2D eigenvalue weighted by Crippen LogP contribution is -2.35. The highest BCUT2D eigenvalue weighted by Crippen LogP contribution is 2.32. The SMILES string of the molecule is COc1ccc(CCNC(=O)C2CN(C)CC2c2cccc(CNC3CCOCC3)c2)cc1. The van der Waals surface area contributed by atoms with E-state index in [0.717, 1.165) is 57.9 Å². The minimum atomic E-state index is -0.0235. The summed E-state index contributed by atoms with van der Waals surface area (Å²) < 4.78 is 10.7. The van der Waals surface area contributed by atoms with Gasteiger partial charge >= 0.3 is 0 Å². The van der Waals surface area contributed by atoms with Crippen LogP contribution in [-0.2, 0) is 22.5 Å². The molecule has 2 aromatic carbocycles. The van der Waals surface area contributed by atoms with Gasteiger partial charge in [0.1, 0.15) is 5.75 Å². The molecule has 2 atom stereocenters. The van der Waals surface area contributed by atoms with Crippen LogP contribution in [0.25, 0.3) is 0 Å². The number of likely N-dealkylation sites (tertiary alicyclic amines) is 1. The molecular formula is C27H37N3O3. The molecule has 178 valence electrons. The van der Waals surface area contributed by atoms with Gasteiger partial charge in [-0.15, -0.1) is 0 Å². The smallest absolute Gasteiger partial charge is 0.225 e. The molecule has 2 unspecified atom stereocenters. The molecule has 6 heteroatoms. The van der Waals surface area contributed by atoms with Gasteiger partial charge in [0.15, 0.2) is 0 Å². The van der Waals surface area contributed by atoms with Crippen LogP contribution in [0.1, 0.15) is 35.4 Å². The zero-order valence-electron chi connectivity index (χ0n) is 19.9. The van der Waals surface area contributed by atoms with Crippen LogP contribution in [0.4, 0.5) is 0 Å². The van der Waals surface area contributed by atoms with E-state index in [1.54, 1.807) is 7.11 Å². The zero-order chi connectivity index (χ0) is 23.0. The van der Waals surface area contributed by atoms with Crippen molar-refractivity contribution in [1.29, 1.82) is 0 Å². The molecule has 2 aliphatic rings. The number of nitrogens with zero attached hydrogens (tertiary/aromatic N) is 1. The quantitative estimate of drug-likeness (QED) is 0.614. The number of methoxy groups -OCH3 is 1. The Kier molecular flexibility index (Phi) is 8.37. The van der Waals surface area contributed by atoms with Gasteiger partial charge in [-0.25, -0.2) is 0 Å². The molecule has 2 N–H and O–H groups in total. The maximum absolute atomic E-state index is 13.1. The number of amides is 1. The number of hydrogen-bond acceptors (Lipinski definition) is 5. The van der Waals surface area contributed by atoms with E-state index in [-0.39, 0.29) is 17.7 Å². The van der Waals surface area contributed by atoms with E-state index < -0.39 is 0 Å². The molecule has 2 aromatic rings. The number of ether oxygens (including phenoxy) is 2. The monoisotopic (exact) mass is 451 g/mol. The Morgan fingerprint density at radius 1 is 1.09 bits per heavy atom. The summed E-state index contributed by atoms with van der Waals surface area (Å²) in [5.41, 5.74) is 3.74. The first kappa shape index (κ1) is 23.7. The fourth-order valence-corrected chi connectivity index (χ4v) is 4.95. The number of nitrogens with one attached hydrogen (secondary N) is 2. The van der Waals surface area contributed by atoms with Gasteiger partial charge < -0.3 is 25.0 Å². The standard InChI is InChI=1S/C27H37N3O3/c1-30-18-25(22-5-3-4-21(16-22)17-29-23-11-14-33-15-12-23)26(19-30)27(31)28-13-10-20-6-8-24(32-2)9-7-20/h3-9,16,23,25-26,29H,10-15,17-19H2,1-2H3,(H,28,31). The van der Waals surface area contributed by atoms with Crippen molar-refractivity contribution in [3.05, 3.63) is 65.2 Å². The summed E-state index contributed by atoms with van der Waals surface area (Å²) in [6.45, 7) is 4.91. The van der Waals surface area contributed by atoms with Crippen molar-refractivity contribution < 1.29 is 14.3 Å². The average Bonchev–Trinajstić information content (AvgIpc) is 3.26. The molecule has 6 nitrogen and oxygen atoms in total. The summed E-state index contributed by atoms with van der Waals surface area (Å²) in [5, 5.41) is 6.86. The lowest BCUT2D eigenvalue weighted by atomic mass is 9.87. The third-order valence-corrected chi connectivity index (χ3v) is 6.91. The van der Waals surface area contributed by atoms with Gasteiger partial charge in [0.05, 0.1) is 13.0 Å². The van der Waals surface area contributed by atoms with Crippen LogP contribution in [0.3, 0.4) is 0 Å². The highest BCUT2D eigenvalue weighted by molar-refractivity contribution is 5.80. The molecule has 33 heavy (non-hydrogen) atoms. The van der Waals surface area contributed by atoms with Crippen molar-refractivity contribution in [3.63, 3.8) is 0 Å². The Labute approximate surface area is 197 Å². The Morgan fingerprint density at radius 3 is 2.64 bits per heavy atom. The highest BCUT2D eigenvalue weighted by atomic mass is 16.5. The predicted octanol–water partition coefficient (Wildman–Crippen LogP) is 2.97. The molecular weight excluding hydrogens is 414 g/mol. The minimum Gasteiger partial charge on any atom is -0.497 e. The maximum Gasteiger partial charge on any atom is 0.225 e. The molecule has 2 aliphatic heterocycles. The van der Waals surface area contributed by atoms with E-state index >= 15 is 0 Å². The molecule has 1 amide bonds. The van der Waals surface area contributed by atoms with Crippen molar-refractivity contribution in [3.8, 4) is 5.75 Å². The van der Waals surface area contributed by atoms with Gasteiger partial charge in [-0.1, -0.05) is 36.4 Å². The topological polar surface area (TPSA) is 62.8 Å². The molecule has 2 fully saturated rings. The van der Waals surface area contributed by atoms with Crippen LogP contribution in [0, 0.1) is 5.92 Å². The van der Waals surface area contributed by atoms with E-state index in [4.69, 9.17) is 9.47 Å². The first-order valence-corrected chi connectivity index (χ1v) is 12.1. The molecule has 0 saturated carbocycles. The summed E-state index contributed by atoms with van der Waals surface area (Å²) >= 11 is 0. The van der Waals surface area contributed by atoms with Crippen molar-refractivity contribution in [2.45, 2.75) is 37.8 Å². The molecule has 0 aliphatic carbocycles. The van der Waals surface area contributed by atoms with Gasteiger partial charge in [-0.2, -0.15) is 0 Å². The Morgan fingerprint density at radius 2 is 1.88 bits per heavy atom. The Bertz CT molecular complexity index is 896. The van der Waals surface area contributed by atoms with E-state index in [0.29, 0.717) is 12.6 Å². The number of likely N-dealkylation sites (N-methyl/N-ethyl adjacent to an activating group) is 1. The number of carbonyl (C=O) groups is 1. The molecule has 4 rings (SSSR count). The third kappa shape index (κ3) is 6.56. The normalized spacial score (nSPS) is 21.8. The van der Waals surface area contributed by atoms with E-state index in [1.165, 1.54) is 16.7 Å². The predicted molar refractivity (Wildman–Crippen MR) is 131 cm³/mol. The molecule has 0 radical (unpaired) electrons. The van der Waals surface area contributed by atoms with E-state index in [1.807, 2.05) is 12.1 Å². The molecule has 2 saturated heterocycles. The fourth-order valence-electron chi connectivity index (χ4n) is 4.95. The molecule has 0 spiro atoms. The van der Waals surface area contributed by atoms with E-state index in [9.17, 15) is 4.79 Å². The summed E-state index contributed by atoms with van der Waals surface area (Å²) in [7, 11) is 3.77. The second-order valence-electron chi connectivity index (χ2n) is 9.34. The summed E-state index contributed by atoms with van der Waals surface area (Å²) in [6, 6.07) is 17.3. The summed E-state index contributed by atoms with van der Waals surface area (Å²) in [4.78, 5) is 15.4. The van der Waals surface area contributed by atoms with Crippen LogP contribution in [0.5, 0.6) is 5.75 Å². The fraction of sp³-hybridized carbons (Fsp3) is 0.519. The van der Waals surface area contributed by atoms with Crippen LogP contribution in [-0.4, -0.2) is 63.9 Å².